The van der Waals surface area contributed by atoms with Crippen LogP contribution in [0, 0.1) is 5.41 Å². The van der Waals surface area contributed by atoms with Gasteiger partial charge in [0.1, 0.15) is 5.84 Å². The first-order valence-electron chi connectivity index (χ1n) is 8.01. The number of nitrogens with one attached hydrogen (secondary N) is 1. The van der Waals surface area contributed by atoms with Gasteiger partial charge in [0.15, 0.2) is 0 Å². The molecule has 0 aliphatic rings. The minimum Gasteiger partial charge on any atom is -0.294 e. The van der Waals surface area contributed by atoms with E-state index in [1.807, 2.05) is 23.6 Å². The molecule has 4 rings (SSSR count). The lowest BCUT2D eigenvalue weighted by Crippen LogP contribution is -2.07. The maximum atomic E-state index is 8.59. The molecule has 0 fully saturated rings. The van der Waals surface area contributed by atoms with Crippen LogP contribution in [0.1, 0.15) is 6.92 Å². The molecule has 3 aromatic carbocycles. The zero-order chi connectivity index (χ0) is 16.7. The average Bonchev–Trinajstić information content (AvgIpc) is 2.96. The Labute approximate surface area is 140 Å². The lowest BCUT2D eigenvalue weighted by Gasteiger charge is -2.07. The van der Waals surface area contributed by atoms with Gasteiger partial charge in [-0.25, -0.2) is 0 Å². The Morgan fingerprint density at radius 2 is 1.62 bits per heavy atom. The number of hydrogen-bond acceptors (Lipinski definition) is 1. The second-order valence-corrected chi connectivity index (χ2v) is 6.01. The van der Waals surface area contributed by atoms with Crippen molar-refractivity contribution in [3.05, 3.63) is 85.0 Å². The Balaban J connectivity index is 2.18. The molecule has 24 heavy (non-hydrogen) atoms. The van der Waals surface area contributed by atoms with Crippen molar-refractivity contribution in [2.75, 3.05) is 0 Å². The first-order chi connectivity index (χ1) is 11.7. The van der Waals surface area contributed by atoms with Crippen LogP contribution in [0.3, 0.4) is 0 Å². The van der Waals surface area contributed by atoms with E-state index in [-0.39, 0.29) is 0 Å². The number of allylic oxidation sites excluding steroid dienone is 3. The summed E-state index contributed by atoms with van der Waals surface area (Å²) in [6.45, 7) is 5.75. The molecule has 0 spiro atoms. The summed E-state index contributed by atoms with van der Waals surface area (Å²) in [6.07, 6.45) is 3.63. The van der Waals surface area contributed by atoms with Crippen LogP contribution < -0.4 is 0 Å². The molecule has 0 aliphatic carbocycles. The molecule has 0 atom stereocenters. The van der Waals surface area contributed by atoms with E-state index in [4.69, 9.17) is 5.41 Å². The molecule has 2 heteroatoms. The van der Waals surface area contributed by atoms with E-state index in [0.717, 1.165) is 16.6 Å². The van der Waals surface area contributed by atoms with Crippen molar-refractivity contribution in [2.24, 2.45) is 0 Å². The summed E-state index contributed by atoms with van der Waals surface area (Å²) < 4.78 is 2.02. The number of rotatable bonds is 2. The van der Waals surface area contributed by atoms with Crippen molar-refractivity contribution in [2.45, 2.75) is 6.92 Å². The minimum atomic E-state index is 0.453. The molecule has 0 unspecified atom stereocenters. The number of benzene rings is 3. The van der Waals surface area contributed by atoms with Crippen LogP contribution in [0.4, 0.5) is 0 Å². The highest BCUT2D eigenvalue weighted by molar-refractivity contribution is 6.24. The molecule has 2 nitrogen and oxygen atoms in total. The predicted molar refractivity (Wildman–Crippen MR) is 104 cm³/mol. The van der Waals surface area contributed by atoms with Gasteiger partial charge in [0.05, 0.1) is 11.0 Å². The van der Waals surface area contributed by atoms with Crippen molar-refractivity contribution < 1.29 is 0 Å². The van der Waals surface area contributed by atoms with Gasteiger partial charge in [-0.05, 0) is 41.5 Å². The quantitative estimate of drug-likeness (QED) is 0.271. The van der Waals surface area contributed by atoms with Gasteiger partial charge in [-0.3, -0.25) is 9.98 Å². The smallest absolute Gasteiger partial charge is 0.130 e. The maximum absolute atomic E-state index is 8.59. The zero-order valence-corrected chi connectivity index (χ0v) is 13.6. The molecular weight excluding hydrogens is 292 g/mol. The fraction of sp³-hybridized carbons (Fsp3) is 0.0455. The molecule has 1 heterocycles. The summed E-state index contributed by atoms with van der Waals surface area (Å²) in [7, 11) is 0. The number of aromatic nitrogens is 1. The number of hydrogen-bond donors (Lipinski definition) is 1. The van der Waals surface area contributed by atoms with Crippen LogP contribution in [-0.4, -0.2) is 10.4 Å². The highest BCUT2D eigenvalue weighted by atomic mass is 15.0. The van der Waals surface area contributed by atoms with Gasteiger partial charge in [0.25, 0.3) is 0 Å². The Bertz CT molecular complexity index is 1140. The van der Waals surface area contributed by atoms with Crippen LogP contribution in [0.5, 0.6) is 0 Å². The molecule has 0 bridgehead atoms. The number of para-hydroxylation sites is 1. The van der Waals surface area contributed by atoms with E-state index in [2.05, 4.69) is 61.2 Å². The van der Waals surface area contributed by atoms with Gasteiger partial charge in [-0.15, -0.1) is 0 Å². The zero-order valence-electron chi connectivity index (χ0n) is 13.6. The monoisotopic (exact) mass is 310 g/mol. The topological polar surface area (TPSA) is 28.8 Å². The first-order valence-corrected chi connectivity index (χ1v) is 8.01. The van der Waals surface area contributed by atoms with Crippen LogP contribution in [0.2, 0.25) is 0 Å². The van der Waals surface area contributed by atoms with Crippen LogP contribution in [0.15, 0.2) is 85.0 Å². The van der Waals surface area contributed by atoms with Gasteiger partial charge in [-0.2, -0.15) is 0 Å². The molecule has 1 N–H and O–H groups in total. The third kappa shape index (κ3) is 2.08. The van der Waals surface area contributed by atoms with Crippen molar-refractivity contribution in [3.63, 3.8) is 0 Å². The van der Waals surface area contributed by atoms with Gasteiger partial charge in [0.2, 0.25) is 0 Å². The summed E-state index contributed by atoms with van der Waals surface area (Å²) in [6, 6.07) is 21.0. The summed E-state index contributed by atoms with van der Waals surface area (Å²) in [5.41, 5.74) is 3.10. The number of nitrogens with zero attached hydrogens (tertiary/aromatic N) is 1. The lowest BCUT2D eigenvalue weighted by atomic mass is 10.0. The predicted octanol–water partition coefficient (Wildman–Crippen LogP) is 5.91. The van der Waals surface area contributed by atoms with E-state index in [1.165, 1.54) is 21.5 Å². The standard InChI is InChI=1S/C22H18N2/c1-3-15(2)14-21(23)24-19-11-7-6-10-18(19)22-17-9-5-4-8-16(17)12-13-20(22)24/h3-14,23H,1H2,2H3/b15-14-,23-21?. The fourth-order valence-corrected chi connectivity index (χ4v) is 3.34. The van der Waals surface area contributed by atoms with Gasteiger partial charge >= 0.3 is 0 Å². The van der Waals surface area contributed by atoms with Crippen LogP contribution in [-0.2, 0) is 0 Å². The molecule has 1 aromatic heterocycles. The molecule has 0 saturated carbocycles. The van der Waals surface area contributed by atoms with E-state index in [0.29, 0.717) is 5.84 Å². The molecule has 116 valence electrons. The summed E-state index contributed by atoms with van der Waals surface area (Å²) in [5, 5.41) is 13.4. The highest BCUT2D eigenvalue weighted by Crippen LogP contribution is 2.34. The van der Waals surface area contributed by atoms with E-state index in [9.17, 15) is 0 Å². The average molecular weight is 310 g/mol. The van der Waals surface area contributed by atoms with Crippen molar-refractivity contribution >= 4 is 38.4 Å². The van der Waals surface area contributed by atoms with E-state index < -0.39 is 0 Å². The van der Waals surface area contributed by atoms with E-state index >= 15 is 0 Å². The molecule has 0 saturated heterocycles. The Hall–Kier alpha value is -3.13. The van der Waals surface area contributed by atoms with Gasteiger partial charge in [0, 0.05) is 10.8 Å². The molecular formula is C22H18N2. The molecule has 0 amide bonds. The third-order valence-electron chi connectivity index (χ3n) is 4.49. The minimum absolute atomic E-state index is 0.453. The lowest BCUT2D eigenvalue weighted by molar-refractivity contribution is 1.23. The Morgan fingerprint density at radius 1 is 0.917 bits per heavy atom. The summed E-state index contributed by atoms with van der Waals surface area (Å²) >= 11 is 0. The number of fused-ring (bicyclic) bond motifs is 5. The van der Waals surface area contributed by atoms with Crippen molar-refractivity contribution in [3.8, 4) is 0 Å². The Kier molecular flexibility index (Phi) is 3.31. The second-order valence-electron chi connectivity index (χ2n) is 6.01. The molecule has 0 radical (unpaired) electrons. The SMILES string of the molecule is C=C/C(C)=C\C(=N)n1c2ccccc2c2c3ccccc3ccc21. The second kappa shape index (κ2) is 5.50. The molecule has 4 aromatic rings. The van der Waals surface area contributed by atoms with E-state index in [1.54, 1.807) is 6.08 Å². The largest absolute Gasteiger partial charge is 0.294 e. The van der Waals surface area contributed by atoms with Gasteiger partial charge < -0.3 is 0 Å². The maximum Gasteiger partial charge on any atom is 0.130 e. The summed E-state index contributed by atoms with van der Waals surface area (Å²) in [5.74, 6) is 0.453. The van der Waals surface area contributed by atoms with Crippen LogP contribution >= 0.6 is 0 Å². The fourth-order valence-electron chi connectivity index (χ4n) is 3.34. The first kappa shape index (κ1) is 14.5. The van der Waals surface area contributed by atoms with Crippen LogP contribution in [0.25, 0.3) is 32.6 Å². The van der Waals surface area contributed by atoms with Crippen molar-refractivity contribution in [1.82, 2.24) is 4.57 Å². The third-order valence-corrected chi connectivity index (χ3v) is 4.49. The van der Waals surface area contributed by atoms with Crippen molar-refractivity contribution in [1.29, 1.82) is 5.41 Å². The summed E-state index contributed by atoms with van der Waals surface area (Å²) in [4.78, 5) is 0. The highest BCUT2D eigenvalue weighted by Gasteiger charge is 2.14. The van der Waals surface area contributed by atoms with Gasteiger partial charge in [-0.1, -0.05) is 61.2 Å². The normalized spacial score (nSPS) is 12.1. The Morgan fingerprint density at radius 3 is 2.42 bits per heavy atom. The molecule has 0 aliphatic heterocycles.